The lowest BCUT2D eigenvalue weighted by Gasteiger charge is -2.19. The zero-order valence-electron chi connectivity index (χ0n) is 18.5. The van der Waals surface area contributed by atoms with Crippen LogP contribution >= 0.6 is 0 Å². The Labute approximate surface area is 178 Å². The minimum absolute atomic E-state index is 0.0722. The molecule has 0 spiro atoms. The van der Waals surface area contributed by atoms with Crippen molar-refractivity contribution in [3.8, 4) is 17.2 Å². The highest BCUT2D eigenvalue weighted by molar-refractivity contribution is 5.73. The average Bonchev–Trinajstić information content (AvgIpc) is 2.64. The highest BCUT2D eigenvalue weighted by atomic mass is 16.4. The van der Waals surface area contributed by atoms with Crippen molar-refractivity contribution < 1.29 is 35.1 Å². The third-order valence-corrected chi connectivity index (χ3v) is 5.82. The second-order valence-electron chi connectivity index (χ2n) is 9.38. The number of aryl methyl sites for hydroxylation is 1. The maximum absolute atomic E-state index is 11.1. The summed E-state index contributed by atoms with van der Waals surface area (Å²) in [7, 11) is 0. The molecule has 0 atom stereocenters. The Bertz CT molecular complexity index is 750. The van der Waals surface area contributed by atoms with Gasteiger partial charge in [0, 0.05) is 11.1 Å². The Balaban J connectivity index is 2.60. The van der Waals surface area contributed by atoms with Gasteiger partial charge in [-0.15, -0.1) is 0 Å². The van der Waals surface area contributed by atoms with Gasteiger partial charge in [-0.25, -0.2) is 0 Å². The molecule has 7 heteroatoms. The van der Waals surface area contributed by atoms with Crippen LogP contribution in [0.5, 0.6) is 17.2 Å². The molecule has 1 aromatic carbocycles. The van der Waals surface area contributed by atoms with E-state index in [0.29, 0.717) is 56.1 Å². The Morgan fingerprint density at radius 1 is 0.733 bits per heavy atom. The molecule has 170 valence electrons. The van der Waals surface area contributed by atoms with Gasteiger partial charge in [-0.1, -0.05) is 19.3 Å². The zero-order valence-corrected chi connectivity index (χ0v) is 18.5. The Kier molecular flexibility index (Phi) is 9.00. The van der Waals surface area contributed by atoms with Crippen LogP contribution in [0.3, 0.4) is 0 Å². The fourth-order valence-electron chi connectivity index (χ4n) is 3.32. The number of aliphatic carboxylic acids is 2. The number of phenols is 3. The number of carboxylic acids is 2. The minimum Gasteiger partial charge on any atom is -0.508 e. The van der Waals surface area contributed by atoms with E-state index in [-0.39, 0.29) is 17.2 Å². The zero-order chi connectivity index (χ0) is 23.1. The molecule has 1 aromatic rings. The molecule has 0 heterocycles. The topological polar surface area (TPSA) is 135 Å². The molecule has 0 aromatic heterocycles. The van der Waals surface area contributed by atoms with E-state index in [1.807, 2.05) is 0 Å². The SMILES string of the molecule is CC(C)(CCCCCc1c(O)cc(CCCCC(C)(C)C(=O)O)c(O)c1O)C(=O)O. The number of carbonyl (C=O) groups is 2. The third kappa shape index (κ3) is 7.11. The van der Waals surface area contributed by atoms with Crippen molar-refractivity contribution in [3.05, 3.63) is 17.2 Å². The van der Waals surface area contributed by atoms with Gasteiger partial charge in [-0.2, -0.15) is 0 Å². The predicted octanol–water partition coefficient (Wildman–Crippen LogP) is 4.84. The molecule has 0 unspecified atom stereocenters. The van der Waals surface area contributed by atoms with Crippen LogP contribution in [0.15, 0.2) is 6.07 Å². The van der Waals surface area contributed by atoms with E-state index in [4.69, 9.17) is 10.2 Å². The third-order valence-electron chi connectivity index (χ3n) is 5.82. The van der Waals surface area contributed by atoms with Crippen LogP contribution in [0.4, 0.5) is 0 Å². The molecule has 0 amide bonds. The Morgan fingerprint density at radius 3 is 1.70 bits per heavy atom. The molecule has 0 radical (unpaired) electrons. The largest absolute Gasteiger partial charge is 0.508 e. The van der Waals surface area contributed by atoms with Crippen LogP contribution in [0.1, 0.15) is 83.8 Å². The van der Waals surface area contributed by atoms with Gasteiger partial charge in [-0.3, -0.25) is 9.59 Å². The predicted molar refractivity (Wildman–Crippen MR) is 114 cm³/mol. The van der Waals surface area contributed by atoms with Gasteiger partial charge in [0.15, 0.2) is 11.5 Å². The molecule has 0 saturated carbocycles. The van der Waals surface area contributed by atoms with Crippen molar-refractivity contribution >= 4 is 11.9 Å². The summed E-state index contributed by atoms with van der Waals surface area (Å²) in [5.41, 5.74) is -0.856. The first-order chi connectivity index (χ1) is 13.8. The summed E-state index contributed by atoms with van der Waals surface area (Å²) < 4.78 is 0. The summed E-state index contributed by atoms with van der Waals surface area (Å²) in [6.07, 6.45) is 5.24. The van der Waals surface area contributed by atoms with Crippen LogP contribution in [-0.2, 0) is 22.4 Å². The summed E-state index contributed by atoms with van der Waals surface area (Å²) in [5, 5.41) is 49.2. The highest BCUT2D eigenvalue weighted by Crippen LogP contribution is 2.40. The van der Waals surface area contributed by atoms with Crippen molar-refractivity contribution in [2.45, 2.75) is 85.5 Å². The van der Waals surface area contributed by atoms with Crippen LogP contribution < -0.4 is 0 Å². The number of carboxylic acid groups (broad SMARTS) is 2. The van der Waals surface area contributed by atoms with Gasteiger partial charge in [0.2, 0.25) is 0 Å². The molecule has 1 rings (SSSR count). The van der Waals surface area contributed by atoms with Gasteiger partial charge in [0.05, 0.1) is 10.8 Å². The van der Waals surface area contributed by atoms with Crippen molar-refractivity contribution in [1.29, 1.82) is 0 Å². The van der Waals surface area contributed by atoms with E-state index < -0.39 is 22.8 Å². The number of rotatable bonds is 13. The molecule has 7 nitrogen and oxygen atoms in total. The van der Waals surface area contributed by atoms with Crippen LogP contribution in [0.25, 0.3) is 0 Å². The fraction of sp³-hybridized carbons (Fsp3) is 0.652. The fourth-order valence-corrected chi connectivity index (χ4v) is 3.32. The van der Waals surface area contributed by atoms with E-state index in [9.17, 15) is 24.9 Å². The van der Waals surface area contributed by atoms with Gasteiger partial charge < -0.3 is 25.5 Å². The molecule has 0 bridgehead atoms. The molecular weight excluding hydrogens is 388 g/mol. The van der Waals surface area contributed by atoms with Gasteiger partial charge in [0.25, 0.3) is 0 Å². The van der Waals surface area contributed by atoms with Crippen molar-refractivity contribution in [2.24, 2.45) is 10.8 Å². The summed E-state index contributed by atoms with van der Waals surface area (Å²) in [4.78, 5) is 22.3. The number of aromatic hydroxyl groups is 3. The average molecular weight is 425 g/mol. The van der Waals surface area contributed by atoms with Crippen molar-refractivity contribution in [3.63, 3.8) is 0 Å². The van der Waals surface area contributed by atoms with E-state index in [1.165, 1.54) is 6.07 Å². The summed E-state index contributed by atoms with van der Waals surface area (Å²) in [6.45, 7) is 6.71. The molecule has 0 aliphatic heterocycles. The molecule has 0 saturated heterocycles. The first-order valence-corrected chi connectivity index (χ1v) is 10.5. The molecule has 0 fully saturated rings. The Hall–Kier alpha value is -2.44. The van der Waals surface area contributed by atoms with E-state index >= 15 is 0 Å². The lowest BCUT2D eigenvalue weighted by Crippen LogP contribution is -2.23. The first-order valence-electron chi connectivity index (χ1n) is 10.5. The standard InChI is InChI=1S/C23H36O7/c1-22(2,20(27)28)12-8-5-6-11-16-17(24)14-15(18(25)19(16)26)10-7-9-13-23(3,4)21(29)30/h14,24-26H,5-13H2,1-4H3,(H,27,28)(H,29,30). The van der Waals surface area contributed by atoms with Crippen LogP contribution in [0, 0.1) is 10.8 Å². The second-order valence-corrected chi connectivity index (χ2v) is 9.38. The molecule has 5 N–H and O–H groups in total. The summed E-state index contributed by atoms with van der Waals surface area (Å²) >= 11 is 0. The smallest absolute Gasteiger partial charge is 0.309 e. The van der Waals surface area contributed by atoms with E-state index in [2.05, 4.69) is 0 Å². The number of hydrogen-bond acceptors (Lipinski definition) is 5. The van der Waals surface area contributed by atoms with Crippen molar-refractivity contribution in [2.75, 3.05) is 0 Å². The maximum atomic E-state index is 11.1. The molecule has 0 aliphatic carbocycles. The second kappa shape index (κ2) is 10.5. The van der Waals surface area contributed by atoms with Gasteiger partial charge in [0.1, 0.15) is 5.75 Å². The molecular formula is C23H36O7. The van der Waals surface area contributed by atoms with E-state index in [0.717, 1.165) is 12.8 Å². The quantitative estimate of drug-likeness (QED) is 0.174. The molecule has 0 aliphatic rings. The number of hydrogen-bond donors (Lipinski definition) is 5. The molecule has 30 heavy (non-hydrogen) atoms. The summed E-state index contributed by atoms with van der Waals surface area (Å²) in [6, 6.07) is 1.46. The lowest BCUT2D eigenvalue weighted by molar-refractivity contribution is -0.148. The summed E-state index contributed by atoms with van der Waals surface area (Å²) in [5.74, 6) is -2.31. The van der Waals surface area contributed by atoms with Gasteiger partial charge >= 0.3 is 11.9 Å². The Morgan fingerprint density at radius 2 is 1.20 bits per heavy atom. The van der Waals surface area contributed by atoms with E-state index in [1.54, 1.807) is 27.7 Å². The van der Waals surface area contributed by atoms with Crippen LogP contribution in [0.2, 0.25) is 0 Å². The van der Waals surface area contributed by atoms with Gasteiger partial charge in [-0.05, 0) is 72.3 Å². The minimum atomic E-state index is -0.850. The number of unbranched alkanes of at least 4 members (excludes halogenated alkanes) is 3. The first kappa shape index (κ1) is 25.6. The number of benzene rings is 1. The maximum Gasteiger partial charge on any atom is 0.309 e. The van der Waals surface area contributed by atoms with Crippen molar-refractivity contribution in [1.82, 2.24) is 0 Å². The number of phenolic OH excluding ortho intramolecular Hbond substituents is 3. The monoisotopic (exact) mass is 424 g/mol. The normalized spacial score (nSPS) is 12.1. The highest BCUT2D eigenvalue weighted by Gasteiger charge is 2.27. The van der Waals surface area contributed by atoms with Crippen LogP contribution in [-0.4, -0.2) is 37.5 Å². The lowest BCUT2D eigenvalue weighted by atomic mass is 9.86.